The van der Waals surface area contributed by atoms with Gasteiger partial charge in [0.1, 0.15) is 17.2 Å². The Morgan fingerprint density at radius 3 is 2.94 bits per heavy atom. The third-order valence-electron chi connectivity index (χ3n) is 2.22. The Hall–Kier alpha value is -1.40. The molecule has 0 bridgehead atoms. The smallest absolute Gasteiger partial charge is 0.123 e. The first-order chi connectivity index (χ1) is 8.11. The minimum absolute atomic E-state index is 0.308. The Labute approximate surface area is 106 Å². The number of hydrogen-bond donors (Lipinski definition) is 1. The fourth-order valence-corrected chi connectivity index (χ4v) is 1.99. The van der Waals surface area contributed by atoms with Crippen LogP contribution in [-0.4, -0.2) is 16.9 Å². The van der Waals surface area contributed by atoms with Crippen LogP contribution in [0.15, 0.2) is 28.9 Å². The lowest BCUT2D eigenvalue weighted by Gasteiger charge is -2.05. The summed E-state index contributed by atoms with van der Waals surface area (Å²) in [7, 11) is 3.30. The van der Waals surface area contributed by atoms with E-state index in [0.717, 1.165) is 4.47 Å². The molecular weight excluding hydrogens is 289 g/mol. The van der Waals surface area contributed by atoms with Gasteiger partial charge >= 0.3 is 0 Å². The lowest BCUT2D eigenvalue weighted by Crippen LogP contribution is -1.96. The Morgan fingerprint density at radius 2 is 2.24 bits per heavy atom. The fraction of sp³-hybridized carbons (Fsp3) is 0.182. The zero-order valence-electron chi connectivity index (χ0n) is 9.37. The maximum absolute atomic E-state index is 13.3. The minimum Gasteiger partial charge on any atom is -0.279 e. The van der Waals surface area contributed by atoms with E-state index in [2.05, 4.69) is 26.5 Å². The van der Waals surface area contributed by atoms with E-state index in [0.29, 0.717) is 16.9 Å². The molecular formula is C11H11BrFN3O. The molecule has 4 nitrogen and oxygen atoms in total. The molecule has 0 aliphatic rings. The summed E-state index contributed by atoms with van der Waals surface area (Å²) in [4.78, 5) is 4.86. The van der Waals surface area contributed by atoms with Crippen LogP contribution in [0, 0.1) is 5.82 Å². The van der Waals surface area contributed by atoms with Crippen molar-refractivity contribution in [2.75, 3.05) is 12.6 Å². The van der Waals surface area contributed by atoms with Gasteiger partial charge in [0.2, 0.25) is 0 Å². The molecule has 2 aromatic rings. The standard InChI is InChI=1S/C11H11BrFN3O/c1-16-6-10(15-17-2)11(14-16)8-5-7(13)3-4-9(8)12/h3-6,15H,1-2H3. The number of anilines is 1. The highest BCUT2D eigenvalue weighted by Crippen LogP contribution is 2.32. The van der Waals surface area contributed by atoms with Crippen LogP contribution >= 0.6 is 15.9 Å². The largest absolute Gasteiger partial charge is 0.279 e. The van der Waals surface area contributed by atoms with E-state index < -0.39 is 0 Å². The van der Waals surface area contributed by atoms with Crippen molar-refractivity contribution in [3.8, 4) is 11.3 Å². The molecule has 0 amide bonds. The number of nitrogens with zero attached hydrogens (tertiary/aromatic N) is 2. The number of halogens is 2. The number of aryl methyl sites for hydroxylation is 1. The molecule has 1 N–H and O–H groups in total. The molecule has 1 aromatic heterocycles. The van der Waals surface area contributed by atoms with Crippen LogP contribution in [0.3, 0.4) is 0 Å². The fourth-order valence-electron chi connectivity index (χ4n) is 1.55. The molecule has 0 spiro atoms. The van der Waals surface area contributed by atoms with Crippen LogP contribution in [0.1, 0.15) is 0 Å². The van der Waals surface area contributed by atoms with E-state index in [1.165, 1.54) is 19.2 Å². The monoisotopic (exact) mass is 299 g/mol. The zero-order valence-corrected chi connectivity index (χ0v) is 11.0. The first kappa shape index (κ1) is 12.1. The molecule has 6 heteroatoms. The predicted octanol–water partition coefficient (Wildman–Crippen LogP) is 2.96. The van der Waals surface area contributed by atoms with Gasteiger partial charge in [0.05, 0.1) is 13.3 Å². The molecule has 0 aliphatic heterocycles. The summed E-state index contributed by atoms with van der Waals surface area (Å²) in [6.07, 6.45) is 1.76. The lowest BCUT2D eigenvalue weighted by molar-refractivity contribution is 0.271. The van der Waals surface area contributed by atoms with E-state index in [9.17, 15) is 4.39 Å². The van der Waals surface area contributed by atoms with Crippen LogP contribution in [-0.2, 0) is 11.9 Å². The van der Waals surface area contributed by atoms with E-state index in [1.54, 1.807) is 24.0 Å². The summed E-state index contributed by atoms with van der Waals surface area (Å²) in [5, 5.41) is 4.28. The molecule has 0 radical (unpaired) electrons. The summed E-state index contributed by atoms with van der Waals surface area (Å²) in [5.74, 6) is -0.308. The van der Waals surface area contributed by atoms with Gasteiger partial charge in [-0.25, -0.2) is 4.39 Å². The Bertz CT molecular complexity index is 542. The second-order valence-electron chi connectivity index (χ2n) is 3.50. The molecule has 0 saturated carbocycles. The number of nitrogens with one attached hydrogen (secondary N) is 1. The Balaban J connectivity index is 2.55. The quantitative estimate of drug-likeness (QED) is 0.886. The molecule has 0 saturated heterocycles. The lowest BCUT2D eigenvalue weighted by atomic mass is 10.1. The summed E-state index contributed by atoms with van der Waals surface area (Å²) < 4.78 is 15.7. The van der Waals surface area contributed by atoms with Gasteiger partial charge < -0.3 is 0 Å². The zero-order chi connectivity index (χ0) is 12.4. The summed E-state index contributed by atoms with van der Waals surface area (Å²) in [5.41, 5.74) is 4.69. The van der Waals surface area contributed by atoms with Crippen molar-refractivity contribution >= 4 is 21.6 Å². The topological polar surface area (TPSA) is 39.1 Å². The molecule has 17 heavy (non-hydrogen) atoms. The predicted molar refractivity (Wildman–Crippen MR) is 66.9 cm³/mol. The molecule has 2 rings (SSSR count). The average Bonchev–Trinajstić information content (AvgIpc) is 2.64. The van der Waals surface area contributed by atoms with Crippen molar-refractivity contribution < 1.29 is 9.23 Å². The van der Waals surface area contributed by atoms with Crippen molar-refractivity contribution in [1.29, 1.82) is 0 Å². The van der Waals surface area contributed by atoms with E-state index >= 15 is 0 Å². The normalized spacial score (nSPS) is 10.6. The molecule has 0 fully saturated rings. The summed E-state index contributed by atoms with van der Waals surface area (Å²) in [6, 6.07) is 4.46. The van der Waals surface area contributed by atoms with Crippen molar-refractivity contribution in [3.05, 3.63) is 34.7 Å². The second-order valence-corrected chi connectivity index (χ2v) is 4.35. The highest BCUT2D eigenvalue weighted by molar-refractivity contribution is 9.10. The Kier molecular flexibility index (Phi) is 3.44. The number of aromatic nitrogens is 2. The highest BCUT2D eigenvalue weighted by Gasteiger charge is 2.13. The number of hydrogen-bond acceptors (Lipinski definition) is 3. The molecule has 0 aliphatic carbocycles. The van der Waals surface area contributed by atoms with E-state index in [1.807, 2.05) is 0 Å². The maximum atomic E-state index is 13.3. The van der Waals surface area contributed by atoms with Gasteiger partial charge in [-0.2, -0.15) is 5.10 Å². The second kappa shape index (κ2) is 4.85. The van der Waals surface area contributed by atoms with Gasteiger partial charge in [-0.05, 0) is 18.2 Å². The first-order valence-corrected chi connectivity index (χ1v) is 5.69. The molecule has 1 aromatic carbocycles. The number of benzene rings is 1. The van der Waals surface area contributed by atoms with Crippen molar-refractivity contribution in [2.45, 2.75) is 0 Å². The molecule has 90 valence electrons. The van der Waals surface area contributed by atoms with E-state index in [-0.39, 0.29) is 5.82 Å². The van der Waals surface area contributed by atoms with Crippen molar-refractivity contribution in [3.63, 3.8) is 0 Å². The minimum atomic E-state index is -0.308. The van der Waals surface area contributed by atoms with Crippen LogP contribution in [0.25, 0.3) is 11.3 Å². The van der Waals surface area contributed by atoms with Gasteiger partial charge in [0, 0.05) is 17.1 Å². The number of rotatable bonds is 3. The molecule has 0 atom stereocenters. The Morgan fingerprint density at radius 1 is 1.47 bits per heavy atom. The van der Waals surface area contributed by atoms with Crippen LogP contribution in [0.2, 0.25) is 0 Å². The van der Waals surface area contributed by atoms with Crippen molar-refractivity contribution in [1.82, 2.24) is 9.78 Å². The van der Waals surface area contributed by atoms with Crippen LogP contribution in [0.4, 0.5) is 10.1 Å². The average molecular weight is 300 g/mol. The third-order valence-corrected chi connectivity index (χ3v) is 2.92. The summed E-state index contributed by atoms with van der Waals surface area (Å²) >= 11 is 3.38. The first-order valence-electron chi connectivity index (χ1n) is 4.90. The van der Waals surface area contributed by atoms with Gasteiger partial charge in [0.15, 0.2) is 0 Å². The highest BCUT2D eigenvalue weighted by atomic mass is 79.9. The van der Waals surface area contributed by atoms with Crippen molar-refractivity contribution in [2.24, 2.45) is 7.05 Å². The van der Waals surface area contributed by atoms with Gasteiger partial charge in [-0.1, -0.05) is 15.9 Å². The molecule has 1 heterocycles. The van der Waals surface area contributed by atoms with Crippen LogP contribution in [0.5, 0.6) is 0 Å². The maximum Gasteiger partial charge on any atom is 0.123 e. The summed E-state index contributed by atoms with van der Waals surface area (Å²) in [6.45, 7) is 0. The van der Waals surface area contributed by atoms with Gasteiger partial charge in [-0.15, -0.1) is 0 Å². The van der Waals surface area contributed by atoms with Crippen LogP contribution < -0.4 is 5.48 Å². The van der Waals surface area contributed by atoms with Gasteiger partial charge in [0.25, 0.3) is 0 Å². The van der Waals surface area contributed by atoms with E-state index in [4.69, 9.17) is 4.84 Å². The molecule has 0 unspecified atom stereocenters. The van der Waals surface area contributed by atoms with Gasteiger partial charge in [-0.3, -0.25) is 15.0 Å². The SMILES string of the molecule is CONc1cn(C)nc1-c1cc(F)ccc1Br. The third kappa shape index (κ3) is 2.48.